The largest absolute Gasteiger partial charge is 0.343 e. The number of nitrogens with two attached hydrogens (primary N) is 1. The quantitative estimate of drug-likeness (QED) is 0.855. The van der Waals surface area contributed by atoms with E-state index in [9.17, 15) is 0 Å². The van der Waals surface area contributed by atoms with Crippen LogP contribution in [0, 0.1) is 0 Å². The lowest BCUT2D eigenvalue weighted by Crippen LogP contribution is -2.43. The first kappa shape index (κ1) is 11.8. The second-order valence-electron chi connectivity index (χ2n) is 4.66. The maximum absolute atomic E-state index is 5.66. The third-order valence-corrected chi connectivity index (χ3v) is 3.85. The number of nitrogens with zero attached hydrogens (tertiary/aromatic N) is 3. The zero-order chi connectivity index (χ0) is 11.5. The Hall–Kier alpha value is -0.680. The van der Waals surface area contributed by atoms with Gasteiger partial charge in [0.05, 0.1) is 0 Å². The molecule has 1 aliphatic carbocycles. The van der Waals surface area contributed by atoms with Gasteiger partial charge in [0.1, 0.15) is 5.82 Å². The summed E-state index contributed by atoms with van der Waals surface area (Å²) >= 11 is 1.51. The maximum Gasteiger partial charge on any atom is 0.205 e. The number of anilines is 1. The highest BCUT2D eigenvalue weighted by atomic mass is 32.1. The fourth-order valence-corrected chi connectivity index (χ4v) is 2.76. The molecule has 1 fully saturated rings. The van der Waals surface area contributed by atoms with Gasteiger partial charge in [0.2, 0.25) is 5.13 Å². The summed E-state index contributed by atoms with van der Waals surface area (Å²) in [7, 11) is 0. The van der Waals surface area contributed by atoms with Crippen LogP contribution in [-0.4, -0.2) is 28.5 Å². The molecule has 0 bridgehead atoms. The van der Waals surface area contributed by atoms with E-state index in [0.29, 0.717) is 18.5 Å². The summed E-state index contributed by atoms with van der Waals surface area (Å²) in [5.41, 5.74) is 5.66. The van der Waals surface area contributed by atoms with Crippen molar-refractivity contribution in [3.8, 4) is 0 Å². The van der Waals surface area contributed by atoms with Crippen molar-refractivity contribution in [3.05, 3.63) is 5.82 Å². The highest BCUT2D eigenvalue weighted by molar-refractivity contribution is 7.09. The average molecular weight is 240 g/mol. The van der Waals surface area contributed by atoms with E-state index in [-0.39, 0.29) is 0 Å². The van der Waals surface area contributed by atoms with E-state index in [0.717, 1.165) is 17.5 Å². The molecular weight excluding hydrogens is 220 g/mol. The third-order valence-electron chi connectivity index (χ3n) is 3.08. The van der Waals surface area contributed by atoms with Crippen LogP contribution in [0.15, 0.2) is 0 Å². The molecule has 0 aliphatic heterocycles. The summed E-state index contributed by atoms with van der Waals surface area (Å²) in [4.78, 5) is 6.95. The van der Waals surface area contributed by atoms with Crippen molar-refractivity contribution in [3.63, 3.8) is 0 Å². The lowest BCUT2D eigenvalue weighted by molar-refractivity contribution is 0.387. The van der Waals surface area contributed by atoms with Crippen LogP contribution in [0.1, 0.15) is 44.9 Å². The minimum absolute atomic E-state index is 0.408. The number of hydrogen-bond donors (Lipinski definition) is 1. The second-order valence-corrected chi connectivity index (χ2v) is 5.39. The molecule has 0 unspecified atom stereocenters. The average Bonchev–Trinajstić information content (AvgIpc) is 2.62. The number of rotatable bonds is 5. The topological polar surface area (TPSA) is 55.0 Å². The molecule has 2 N–H and O–H groups in total. The van der Waals surface area contributed by atoms with Gasteiger partial charge in [0.25, 0.3) is 0 Å². The second kappa shape index (κ2) is 5.10. The molecule has 1 aromatic rings. The van der Waals surface area contributed by atoms with Crippen LogP contribution in [0.25, 0.3) is 0 Å². The Morgan fingerprint density at radius 3 is 2.69 bits per heavy atom. The molecule has 1 aromatic heterocycles. The fraction of sp³-hybridized carbons (Fsp3) is 0.818. The van der Waals surface area contributed by atoms with Gasteiger partial charge in [-0.2, -0.15) is 4.37 Å². The Morgan fingerprint density at radius 1 is 1.50 bits per heavy atom. The zero-order valence-corrected chi connectivity index (χ0v) is 10.8. The molecule has 2 rings (SSSR count). The van der Waals surface area contributed by atoms with Crippen molar-refractivity contribution in [2.45, 2.75) is 45.1 Å². The minimum Gasteiger partial charge on any atom is -0.343 e. The van der Waals surface area contributed by atoms with Gasteiger partial charge in [-0.1, -0.05) is 13.8 Å². The van der Waals surface area contributed by atoms with Gasteiger partial charge in [-0.15, -0.1) is 0 Å². The number of hydrogen-bond acceptors (Lipinski definition) is 5. The first-order valence-electron chi connectivity index (χ1n) is 6.02. The molecule has 0 spiro atoms. The van der Waals surface area contributed by atoms with Crippen molar-refractivity contribution in [2.75, 3.05) is 18.0 Å². The Morgan fingerprint density at radius 2 is 2.25 bits per heavy atom. The summed E-state index contributed by atoms with van der Waals surface area (Å²) in [5.74, 6) is 1.37. The van der Waals surface area contributed by atoms with Gasteiger partial charge in [0.15, 0.2) is 0 Å². The van der Waals surface area contributed by atoms with Crippen molar-refractivity contribution in [1.29, 1.82) is 0 Å². The van der Waals surface area contributed by atoms with Gasteiger partial charge >= 0.3 is 0 Å². The highest BCUT2D eigenvalue weighted by Crippen LogP contribution is 2.31. The molecule has 90 valence electrons. The van der Waals surface area contributed by atoms with Crippen molar-refractivity contribution >= 4 is 16.7 Å². The summed E-state index contributed by atoms with van der Waals surface area (Å²) < 4.78 is 4.41. The predicted molar refractivity (Wildman–Crippen MR) is 68.0 cm³/mol. The molecule has 0 radical (unpaired) electrons. The maximum atomic E-state index is 5.66. The van der Waals surface area contributed by atoms with E-state index in [1.807, 2.05) is 0 Å². The normalized spacial score (nSPS) is 16.5. The molecule has 4 nitrogen and oxygen atoms in total. The third kappa shape index (κ3) is 2.35. The van der Waals surface area contributed by atoms with E-state index in [1.165, 1.54) is 30.8 Å². The van der Waals surface area contributed by atoms with Crippen LogP contribution in [-0.2, 0) is 0 Å². The zero-order valence-electron chi connectivity index (χ0n) is 10.0. The van der Waals surface area contributed by atoms with Gasteiger partial charge in [-0.25, -0.2) is 4.98 Å². The fourth-order valence-electron chi connectivity index (χ4n) is 1.85. The lowest BCUT2D eigenvalue weighted by atomic mass is 9.92. The van der Waals surface area contributed by atoms with Crippen molar-refractivity contribution in [1.82, 2.24) is 9.36 Å². The van der Waals surface area contributed by atoms with E-state index < -0.39 is 0 Å². The summed E-state index contributed by atoms with van der Waals surface area (Å²) in [6.07, 6.45) is 3.88. The molecule has 0 saturated heterocycles. The Balaban J connectivity index is 2.10. The molecule has 1 heterocycles. The van der Waals surface area contributed by atoms with E-state index in [1.54, 1.807) is 0 Å². The summed E-state index contributed by atoms with van der Waals surface area (Å²) in [5, 5.41) is 1.05. The van der Waals surface area contributed by atoms with Gasteiger partial charge in [-0.3, -0.25) is 0 Å². The Kier molecular flexibility index (Phi) is 3.76. The lowest BCUT2D eigenvalue weighted by Gasteiger charge is -2.36. The molecule has 16 heavy (non-hydrogen) atoms. The standard InChI is InChI=1S/C11H20N4S/c1-8(2)10-13-11(16-14-10)15(7-6-12)9-4-3-5-9/h8-9H,3-7,12H2,1-2H3. The van der Waals surface area contributed by atoms with Crippen molar-refractivity contribution < 1.29 is 0 Å². The monoisotopic (exact) mass is 240 g/mol. The van der Waals surface area contributed by atoms with Crippen LogP contribution in [0.5, 0.6) is 0 Å². The molecule has 0 atom stereocenters. The smallest absolute Gasteiger partial charge is 0.205 e. The Labute approximate surface area is 101 Å². The van der Waals surface area contributed by atoms with E-state index in [4.69, 9.17) is 5.73 Å². The molecule has 5 heteroatoms. The van der Waals surface area contributed by atoms with Gasteiger partial charge < -0.3 is 10.6 Å². The SMILES string of the molecule is CC(C)c1nsc(N(CCN)C2CCC2)n1. The van der Waals surface area contributed by atoms with Crippen LogP contribution in [0.4, 0.5) is 5.13 Å². The van der Waals surface area contributed by atoms with Crippen molar-refractivity contribution in [2.24, 2.45) is 5.73 Å². The predicted octanol–water partition coefficient (Wildman–Crippen LogP) is 1.98. The van der Waals surface area contributed by atoms with Crippen LogP contribution in [0.3, 0.4) is 0 Å². The Bertz CT molecular complexity index is 332. The minimum atomic E-state index is 0.408. The van der Waals surface area contributed by atoms with E-state index >= 15 is 0 Å². The number of aromatic nitrogens is 2. The molecule has 1 saturated carbocycles. The van der Waals surface area contributed by atoms with Crippen LogP contribution < -0.4 is 10.6 Å². The van der Waals surface area contributed by atoms with Crippen LogP contribution >= 0.6 is 11.5 Å². The summed E-state index contributed by atoms with van der Waals surface area (Å²) in [6.45, 7) is 5.84. The molecular formula is C11H20N4S. The summed E-state index contributed by atoms with van der Waals surface area (Å²) in [6, 6.07) is 0.650. The first-order chi connectivity index (χ1) is 7.72. The van der Waals surface area contributed by atoms with E-state index in [2.05, 4.69) is 28.1 Å². The highest BCUT2D eigenvalue weighted by Gasteiger charge is 2.27. The molecule has 0 aromatic carbocycles. The van der Waals surface area contributed by atoms with Crippen LogP contribution in [0.2, 0.25) is 0 Å². The first-order valence-corrected chi connectivity index (χ1v) is 6.80. The van der Waals surface area contributed by atoms with Gasteiger partial charge in [0, 0.05) is 36.6 Å². The molecule has 0 amide bonds. The molecule has 1 aliphatic rings. The van der Waals surface area contributed by atoms with Gasteiger partial charge in [-0.05, 0) is 19.3 Å².